The zero-order chi connectivity index (χ0) is 12.1. The number of fused-ring (bicyclic) bond motifs is 1. The Morgan fingerprint density at radius 1 is 1.18 bits per heavy atom. The summed E-state index contributed by atoms with van der Waals surface area (Å²) in [6, 6.07) is 8.11. The Bertz CT molecular complexity index is 381. The first-order chi connectivity index (χ1) is 8.33. The lowest BCUT2D eigenvalue weighted by Gasteiger charge is -2.23. The Morgan fingerprint density at radius 3 is 2.82 bits per heavy atom. The number of carbonyl (C=O) groups excluding carboxylic acids is 1. The van der Waals surface area contributed by atoms with E-state index in [1.165, 1.54) is 31.2 Å². The number of Topliss-reactive ketones (excluding diaryl/α,β-unsaturated/α-hetero) is 1. The first kappa shape index (κ1) is 12.3. The molecule has 0 saturated heterocycles. The average Bonchev–Trinajstić information content (AvgIpc) is 2.37. The molecule has 0 spiro atoms. The second-order valence-electron chi connectivity index (χ2n) is 5.11. The third kappa shape index (κ3) is 2.96. The standard InChI is InChI=1S/C16H22O/c1-2-3-4-5-9-14-12-11-13-8-6-7-10-15(13)16(14)17/h6-8,10,14H,2-5,9,11-12H2,1H3. The summed E-state index contributed by atoms with van der Waals surface area (Å²) in [5.41, 5.74) is 2.24. The summed E-state index contributed by atoms with van der Waals surface area (Å²) in [5, 5.41) is 0. The smallest absolute Gasteiger partial charge is 0.166 e. The minimum atomic E-state index is 0.293. The van der Waals surface area contributed by atoms with Gasteiger partial charge in [0.2, 0.25) is 0 Å². The molecular formula is C16H22O. The molecule has 1 aliphatic rings. The van der Waals surface area contributed by atoms with Crippen molar-refractivity contribution in [2.24, 2.45) is 5.92 Å². The van der Waals surface area contributed by atoms with Crippen LogP contribution in [0.1, 0.15) is 61.4 Å². The van der Waals surface area contributed by atoms with Crippen LogP contribution in [0.3, 0.4) is 0 Å². The van der Waals surface area contributed by atoms with E-state index in [1.54, 1.807) is 0 Å². The zero-order valence-electron chi connectivity index (χ0n) is 10.7. The Labute approximate surface area is 104 Å². The molecule has 0 saturated carbocycles. The summed E-state index contributed by atoms with van der Waals surface area (Å²) < 4.78 is 0. The lowest BCUT2D eigenvalue weighted by Crippen LogP contribution is -2.22. The quantitative estimate of drug-likeness (QED) is 0.685. The molecule has 0 fully saturated rings. The number of ketones is 1. The van der Waals surface area contributed by atoms with Gasteiger partial charge in [-0.3, -0.25) is 4.79 Å². The number of benzene rings is 1. The predicted molar refractivity (Wildman–Crippen MR) is 71.3 cm³/mol. The Kier molecular flexibility index (Phi) is 4.36. The van der Waals surface area contributed by atoms with Crippen LogP contribution in [0.2, 0.25) is 0 Å². The van der Waals surface area contributed by atoms with Crippen LogP contribution in [0.5, 0.6) is 0 Å². The van der Waals surface area contributed by atoms with Crippen LogP contribution >= 0.6 is 0 Å². The van der Waals surface area contributed by atoms with Crippen LogP contribution in [-0.2, 0) is 6.42 Å². The maximum atomic E-state index is 12.3. The summed E-state index contributed by atoms with van der Waals surface area (Å²) in [6.07, 6.45) is 8.29. The highest BCUT2D eigenvalue weighted by Gasteiger charge is 2.26. The fraction of sp³-hybridized carbons (Fsp3) is 0.562. The first-order valence-electron chi connectivity index (χ1n) is 6.95. The van der Waals surface area contributed by atoms with Gasteiger partial charge in [0.25, 0.3) is 0 Å². The van der Waals surface area contributed by atoms with Crippen molar-refractivity contribution in [3.63, 3.8) is 0 Å². The van der Waals surface area contributed by atoms with Gasteiger partial charge in [-0.15, -0.1) is 0 Å². The molecule has 0 bridgehead atoms. The lowest BCUT2D eigenvalue weighted by molar-refractivity contribution is 0.0892. The number of rotatable bonds is 5. The van der Waals surface area contributed by atoms with E-state index in [1.807, 2.05) is 18.2 Å². The first-order valence-corrected chi connectivity index (χ1v) is 6.95. The van der Waals surface area contributed by atoms with Crippen molar-refractivity contribution in [1.82, 2.24) is 0 Å². The van der Waals surface area contributed by atoms with Crippen molar-refractivity contribution in [2.75, 3.05) is 0 Å². The zero-order valence-corrected chi connectivity index (χ0v) is 10.7. The Balaban J connectivity index is 1.93. The number of unbranched alkanes of at least 4 members (excludes halogenated alkanes) is 3. The van der Waals surface area contributed by atoms with E-state index in [0.29, 0.717) is 11.7 Å². The molecular weight excluding hydrogens is 208 g/mol. The lowest BCUT2D eigenvalue weighted by atomic mass is 9.80. The monoisotopic (exact) mass is 230 g/mol. The van der Waals surface area contributed by atoms with Gasteiger partial charge >= 0.3 is 0 Å². The molecule has 1 heteroatoms. The number of carbonyl (C=O) groups is 1. The van der Waals surface area contributed by atoms with E-state index < -0.39 is 0 Å². The molecule has 1 unspecified atom stereocenters. The topological polar surface area (TPSA) is 17.1 Å². The van der Waals surface area contributed by atoms with Gasteiger partial charge in [-0.1, -0.05) is 56.9 Å². The maximum absolute atomic E-state index is 12.3. The van der Waals surface area contributed by atoms with Gasteiger partial charge in [0.05, 0.1) is 0 Å². The van der Waals surface area contributed by atoms with E-state index in [0.717, 1.165) is 24.8 Å². The molecule has 0 aromatic heterocycles. The molecule has 1 atom stereocenters. The molecule has 2 rings (SSSR count). The van der Waals surface area contributed by atoms with Crippen LogP contribution in [0.4, 0.5) is 0 Å². The highest BCUT2D eigenvalue weighted by atomic mass is 16.1. The number of aryl methyl sites for hydroxylation is 1. The molecule has 0 radical (unpaired) electrons. The van der Waals surface area contributed by atoms with Crippen molar-refractivity contribution in [3.8, 4) is 0 Å². The molecule has 1 aromatic rings. The Morgan fingerprint density at radius 2 is 2.00 bits per heavy atom. The highest BCUT2D eigenvalue weighted by molar-refractivity contribution is 6.00. The molecule has 0 heterocycles. The molecule has 0 N–H and O–H groups in total. The molecule has 92 valence electrons. The van der Waals surface area contributed by atoms with E-state index in [4.69, 9.17) is 0 Å². The second-order valence-corrected chi connectivity index (χ2v) is 5.11. The third-order valence-electron chi connectivity index (χ3n) is 3.82. The SMILES string of the molecule is CCCCCCC1CCc2ccccc2C1=O. The van der Waals surface area contributed by atoms with Gasteiger partial charge in [0, 0.05) is 11.5 Å². The van der Waals surface area contributed by atoms with Crippen LogP contribution in [-0.4, -0.2) is 5.78 Å². The summed E-state index contributed by atoms with van der Waals surface area (Å²) in [6.45, 7) is 2.22. The molecule has 1 aromatic carbocycles. The molecule has 1 aliphatic carbocycles. The van der Waals surface area contributed by atoms with Gasteiger partial charge in [-0.2, -0.15) is 0 Å². The van der Waals surface area contributed by atoms with Crippen LogP contribution < -0.4 is 0 Å². The van der Waals surface area contributed by atoms with Gasteiger partial charge in [0.15, 0.2) is 5.78 Å². The maximum Gasteiger partial charge on any atom is 0.166 e. The van der Waals surface area contributed by atoms with Crippen molar-refractivity contribution < 1.29 is 4.79 Å². The number of hydrogen-bond acceptors (Lipinski definition) is 1. The normalized spacial score (nSPS) is 19.1. The molecule has 0 aliphatic heterocycles. The summed E-state index contributed by atoms with van der Waals surface area (Å²) in [4.78, 5) is 12.3. The van der Waals surface area contributed by atoms with Crippen LogP contribution in [0.15, 0.2) is 24.3 Å². The van der Waals surface area contributed by atoms with E-state index >= 15 is 0 Å². The van der Waals surface area contributed by atoms with Gasteiger partial charge in [-0.05, 0) is 24.8 Å². The average molecular weight is 230 g/mol. The summed E-state index contributed by atoms with van der Waals surface area (Å²) >= 11 is 0. The fourth-order valence-electron chi connectivity index (χ4n) is 2.75. The van der Waals surface area contributed by atoms with Gasteiger partial charge < -0.3 is 0 Å². The van der Waals surface area contributed by atoms with Crippen molar-refractivity contribution in [1.29, 1.82) is 0 Å². The van der Waals surface area contributed by atoms with Crippen LogP contribution in [0.25, 0.3) is 0 Å². The number of hydrogen-bond donors (Lipinski definition) is 0. The van der Waals surface area contributed by atoms with Gasteiger partial charge in [0.1, 0.15) is 0 Å². The summed E-state index contributed by atoms with van der Waals surface area (Å²) in [5.74, 6) is 0.685. The van der Waals surface area contributed by atoms with E-state index in [2.05, 4.69) is 13.0 Å². The summed E-state index contributed by atoms with van der Waals surface area (Å²) in [7, 11) is 0. The Hall–Kier alpha value is -1.11. The van der Waals surface area contributed by atoms with Crippen molar-refractivity contribution in [3.05, 3.63) is 35.4 Å². The van der Waals surface area contributed by atoms with Gasteiger partial charge in [-0.25, -0.2) is 0 Å². The molecule has 17 heavy (non-hydrogen) atoms. The highest BCUT2D eigenvalue weighted by Crippen LogP contribution is 2.28. The predicted octanol–water partition coefficient (Wildman–Crippen LogP) is 4.40. The molecule has 0 amide bonds. The van der Waals surface area contributed by atoms with Crippen LogP contribution in [0, 0.1) is 5.92 Å². The van der Waals surface area contributed by atoms with Crippen molar-refractivity contribution in [2.45, 2.75) is 51.9 Å². The minimum Gasteiger partial charge on any atom is -0.294 e. The minimum absolute atomic E-state index is 0.293. The van der Waals surface area contributed by atoms with E-state index in [9.17, 15) is 4.79 Å². The van der Waals surface area contributed by atoms with Crippen molar-refractivity contribution >= 4 is 5.78 Å². The van der Waals surface area contributed by atoms with E-state index in [-0.39, 0.29) is 0 Å². The third-order valence-corrected chi connectivity index (χ3v) is 3.82. The largest absolute Gasteiger partial charge is 0.294 e. The second kappa shape index (κ2) is 6.00. The molecule has 1 nitrogen and oxygen atoms in total. The fourth-order valence-corrected chi connectivity index (χ4v) is 2.75.